The van der Waals surface area contributed by atoms with E-state index in [-0.39, 0.29) is 0 Å². The minimum atomic E-state index is 0.600. The predicted octanol–water partition coefficient (Wildman–Crippen LogP) is 2.22. The lowest BCUT2D eigenvalue weighted by atomic mass is 10.1. The first-order valence-corrected chi connectivity index (χ1v) is 5.59. The number of hydrogen-bond donors (Lipinski definition) is 1. The Morgan fingerprint density at radius 2 is 2.12 bits per heavy atom. The van der Waals surface area contributed by atoms with E-state index in [0.717, 1.165) is 29.1 Å². The van der Waals surface area contributed by atoms with Gasteiger partial charge in [0.1, 0.15) is 11.3 Å². The maximum atomic E-state index is 4.50. The van der Waals surface area contributed by atoms with Crippen molar-refractivity contribution >= 4 is 16.9 Å². The molecule has 4 heteroatoms. The van der Waals surface area contributed by atoms with Crippen molar-refractivity contribution in [3.05, 3.63) is 18.1 Å². The van der Waals surface area contributed by atoms with Gasteiger partial charge in [-0.15, -0.1) is 0 Å². The Bertz CT molecular complexity index is 485. The van der Waals surface area contributed by atoms with Crippen LogP contribution in [0.1, 0.15) is 19.7 Å². The Labute approximate surface area is 95.7 Å². The summed E-state index contributed by atoms with van der Waals surface area (Å²) in [6.45, 7) is 4.38. The number of aromatic nitrogens is 3. The van der Waals surface area contributed by atoms with Crippen molar-refractivity contribution in [2.75, 3.05) is 19.0 Å². The first-order valence-electron chi connectivity index (χ1n) is 5.59. The molecule has 2 aromatic heterocycles. The van der Waals surface area contributed by atoms with Crippen molar-refractivity contribution < 1.29 is 0 Å². The molecule has 4 nitrogen and oxygen atoms in total. The molecule has 2 aromatic rings. The lowest BCUT2D eigenvalue weighted by molar-refractivity contribution is 0.627. The van der Waals surface area contributed by atoms with Crippen molar-refractivity contribution in [2.45, 2.75) is 20.3 Å². The molecular formula is C12H18N4. The highest BCUT2D eigenvalue weighted by atomic mass is 15.1. The van der Waals surface area contributed by atoms with Gasteiger partial charge in [-0.05, 0) is 12.0 Å². The fourth-order valence-corrected chi connectivity index (χ4v) is 1.80. The topological polar surface area (TPSA) is 44.8 Å². The smallest absolute Gasteiger partial charge is 0.179 e. The lowest BCUT2D eigenvalue weighted by Crippen LogP contribution is -2.09. The van der Waals surface area contributed by atoms with Crippen molar-refractivity contribution in [3.63, 3.8) is 0 Å². The average Bonchev–Trinajstić information content (AvgIpc) is 2.57. The minimum absolute atomic E-state index is 0.600. The summed E-state index contributed by atoms with van der Waals surface area (Å²) in [6.07, 6.45) is 2.76. The average molecular weight is 218 g/mol. The summed E-state index contributed by atoms with van der Waals surface area (Å²) in [5.41, 5.74) is 2.97. The molecule has 0 saturated carbocycles. The van der Waals surface area contributed by atoms with Crippen molar-refractivity contribution in [3.8, 4) is 0 Å². The zero-order chi connectivity index (χ0) is 11.7. The van der Waals surface area contributed by atoms with Crippen LogP contribution in [-0.2, 0) is 6.42 Å². The quantitative estimate of drug-likeness (QED) is 0.859. The lowest BCUT2D eigenvalue weighted by Gasteiger charge is -2.12. The van der Waals surface area contributed by atoms with Gasteiger partial charge in [-0.3, -0.25) is 0 Å². The molecule has 86 valence electrons. The van der Waals surface area contributed by atoms with E-state index in [1.165, 1.54) is 0 Å². The Balaban J connectivity index is 2.48. The summed E-state index contributed by atoms with van der Waals surface area (Å²) < 4.78 is 0. The van der Waals surface area contributed by atoms with Gasteiger partial charge in [-0.25, -0.2) is 9.97 Å². The van der Waals surface area contributed by atoms with E-state index in [1.807, 2.05) is 20.2 Å². The van der Waals surface area contributed by atoms with E-state index in [4.69, 9.17) is 0 Å². The highest BCUT2D eigenvalue weighted by Crippen LogP contribution is 2.22. The van der Waals surface area contributed by atoms with Gasteiger partial charge in [0.05, 0.1) is 5.69 Å². The molecule has 0 amide bonds. The second-order valence-corrected chi connectivity index (χ2v) is 4.70. The molecule has 2 rings (SSSR count). The van der Waals surface area contributed by atoms with Gasteiger partial charge in [-0.2, -0.15) is 0 Å². The SMILES string of the molecule is CC(C)Cc1nc2nccc(N(C)C)c2[nH]1. The monoisotopic (exact) mass is 218 g/mol. The van der Waals surface area contributed by atoms with Gasteiger partial charge < -0.3 is 9.88 Å². The van der Waals surface area contributed by atoms with Crippen LogP contribution >= 0.6 is 0 Å². The highest BCUT2D eigenvalue weighted by Gasteiger charge is 2.10. The summed E-state index contributed by atoms with van der Waals surface area (Å²) in [5.74, 6) is 1.62. The van der Waals surface area contributed by atoms with Crippen molar-refractivity contribution in [1.29, 1.82) is 0 Å². The third-order valence-corrected chi connectivity index (χ3v) is 2.50. The Hall–Kier alpha value is -1.58. The predicted molar refractivity (Wildman–Crippen MR) is 66.8 cm³/mol. The summed E-state index contributed by atoms with van der Waals surface area (Å²) >= 11 is 0. The maximum absolute atomic E-state index is 4.50. The summed E-state index contributed by atoms with van der Waals surface area (Å²) in [4.78, 5) is 14.2. The van der Waals surface area contributed by atoms with Gasteiger partial charge in [-0.1, -0.05) is 13.8 Å². The number of nitrogens with zero attached hydrogens (tertiary/aromatic N) is 3. The Morgan fingerprint density at radius 3 is 2.75 bits per heavy atom. The minimum Gasteiger partial charge on any atom is -0.376 e. The number of rotatable bonds is 3. The molecule has 2 heterocycles. The van der Waals surface area contributed by atoms with E-state index in [0.29, 0.717) is 5.92 Å². The number of aromatic amines is 1. The number of H-pyrrole nitrogens is 1. The molecule has 1 N–H and O–H groups in total. The molecule has 0 fully saturated rings. The normalized spacial score (nSPS) is 11.3. The molecule has 16 heavy (non-hydrogen) atoms. The van der Waals surface area contributed by atoms with Crippen LogP contribution in [0.4, 0.5) is 5.69 Å². The fraction of sp³-hybridized carbons (Fsp3) is 0.500. The standard InChI is InChI=1S/C12H18N4/c1-8(2)7-10-14-11-9(16(3)4)5-6-13-12(11)15-10/h5-6,8H,7H2,1-4H3,(H,13,14,15). The first kappa shape index (κ1) is 10.9. The fourth-order valence-electron chi connectivity index (χ4n) is 1.80. The van der Waals surface area contributed by atoms with Crippen LogP contribution < -0.4 is 4.90 Å². The van der Waals surface area contributed by atoms with E-state index < -0.39 is 0 Å². The molecular weight excluding hydrogens is 200 g/mol. The molecule has 0 aliphatic heterocycles. The van der Waals surface area contributed by atoms with Gasteiger partial charge in [0.15, 0.2) is 5.65 Å². The van der Waals surface area contributed by atoms with Gasteiger partial charge in [0, 0.05) is 26.7 Å². The first-order chi connectivity index (χ1) is 7.58. The molecule has 0 aliphatic rings. The van der Waals surface area contributed by atoms with Crippen LogP contribution in [0.15, 0.2) is 12.3 Å². The third kappa shape index (κ3) is 2.01. The van der Waals surface area contributed by atoms with Crippen LogP contribution in [0.3, 0.4) is 0 Å². The van der Waals surface area contributed by atoms with Crippen LogP contribution in [0, 0.1) is 5.92 Å². The zero-order valence-corrected chi connectivity index (χ0v) is 10.3. The Kier molecular flexibility index (Phi) is 2.81. The number of hydrogen-bond acceptors (Lipinski definition) is 3. The molecule has 0 saturated heterocycles. The van der Waals surface area contributed by atoms with Crippen LogP contribution in [0.5, 0.6) is 0 Å². The molecule has 0 radical (unpaired) electrons. The molecule has 0 spiro atoms. The maximum Gasteiger partial charge on any atom is 0.179 e. The van der Waals surface area contributed by atoms with Gasteiger partial charge in [0.2, 0.25) is 0 Å². The summed E-state index contributed by atoms with van der Waals surface area (Å²) in [6, 6.07) is 2.00. The number of fused-ring (bicyclic) bond motifs is 1. The highest BCUT2D eigenvalue weighted by molar-refractivity contribution is 5.85. The second-order valence-electron chi connectivity index (χ2n) is 4.70. The van der Waals surface area contributed by atoms with E-state index in [2.05, 4.69) is 33.7 Å². The number of anilines is 1. The number of pyridine rings is 1. The van der Waals surface area contributed by atoms with Crippen molar-refractivity contribution in [1.82, 2.24) is 15.0 Å². The molecule has 0 bridgehead atoms. The van der Waals surface area contributed by atoms with E-state index in [9.17, 15) is 0 Å². The van der Waals surface area contributed by atoms with E-state index in [1.54, 1.807) is 6.20 Å². The summed E-state index contributed by atoms with van der Waals surface area (Å²) in [5, 5.41) is 0. The van der Waals surface area contributed by atoms with Crippen molar-refractivity contribution in [2.24, 2.45) is 5.92 Å². The molecule has 0 atom stereocenters. The van der Waals surface area contributed by atoms with Crippen LogP contribution in [-0.4, -0.2) is 29.0 Å². The molecule has 0 aromatic carbocycles. The van der Waals surface area contributed by atoms with Crippen LogP contribution in [0.2, 0.25) is 0 Å². The molecule has 0 unspecified atom stereocenters. The second kappa shape index (κ2) is 4.12. The number of nitrogens with one attached hydrogen (secondary N) is 1. The Morgan fingerprint density at radius 1 is 1.38 bits per heavy atom. The third-order valence-electron chi connectivity index (χ3n) is 2.50. The number of imidazole rings is 1. The van der Waals surface area contributed by atoms with Gasteiger partial charge >= 0.3 is 0 Å². The van der Waals surface area contributed by atoms with Gasteiger partial charge in [0.25, 0.3) is 0 Å². The van der Waals surface area contributed by atoms with Crippen LogP contribution in [0.25, 0.3) is 11.2 Å². The summed E-state index contributed by atoms with van der Waals surface area (Å²) in [7, 11) is 4.05. The largest absolute Gasteiger partial charge is 0.376 e. The molecule has 0 aliphatic carbocycles. The van der Waals surface area contributed by atoms with E-state index >= 15 is 0 Å². The zero-order valence-electron chi connectivity index (χ0n) is 10.3.